The summed E-state index contributed by atoms with van der Waals surface area (Å²) in [5, 5.41) is 20.3. The molecule has 0 saturated heterocycles. The molecule has 12 heavy (non-hydrogen) atoms. The van der Waals surface area contributed by atoms with Crippen molar-refractivity contribution >= 4 is 5.97 Å². The number of carboxylic acids is 1. The minimum Gasteiger partial charge on any atom is -0.480 e. The molecule has 0 amide bonds. The van der Waals surface area contributed by atoms with Gasteiger partial charge in [0.05, 0.1) is 6.61 Å². The molecule has 0 bridgehead atoms. The van der Waals surface area contributed by atoms with Crippen LogP contribution in [0, 0.1) is 0 Å². The molecule has 0 radical (unpaired) electrons. The first-order valence-corrected chi connectivity index (χ1v) is 4.25. The van der Waals surface area contributed by atoms with E-state index in [9.17, 15) is 4.79 Å². The third kappa shape index (κ3) is 3.69. The maximum absolute atomic E-state index is 10.6. The number of aliphatic hydroxyl groups is 1. The summed E-state index contributed by atoms with van der Waals surface area (Å²) in [6.07, 6.45) is 1.27. The van der Waals surface area contributed by atoms with Crippen molar-refractivity contribution in [1.82, 2.24) is 5.32 Å². The molecule has 3 N–H and O–H groups in total. The number of nitrogens with one attached hydrogen (secondary N) is 1. The van der Waals surface area contributed by atoms with Crippen LogP contribution >= 0.6 is 0 Å². The van der Waals surface area contributed by atoms with Gasteiger partial charge in [-0.25, -0.2) is 0 Å². The van der Waals surface area contributed by atoms with Crippen molar-refractivity contribution in [3.05, 3.63) is 0 Å². The van der Waals surface area contributed by atoms with Crippen LogP contribution in [0.1, 0.15) is 26.7 Å². The minimum absolute atomic E-state index is 0.0136. The molecule has 0 aliphatic carbocycles. The number of carboxylic acid groups (broad SMARTS) is 1. The lowest BCUT2D eigenvalue weighted by atomic mass is 10.1. The van der Waals surface area contributed by atoms with E-state index in [-0.39, 0.29) is 12.6 Å². The number of rotatable bonds is 6. The van der Waals surface area contributed by atoms with Crippen LogP contribution < -0.4 is 5.32 Å². The van der Waals surface area contributed by atoms with Gasteiger partial charge in [-0.1, -0.05) is 13.8 Å². The van der Waals surface area contributed by atoms with Crippen molar-refractivity contribution in [1.29, 1.82) is 0 Å². The average Bonchev–Trinajstić information content (AvgIpc) is 2.06. The molecule has 2 atom stereocenters. The van der Waals surface area contributed by atoms with Crippen molar-refractivity contribution in [3.8, 4) is 0 Å². The quantitative estimate of drug-likeness (QED) is 0.539. The molecule has 0 aromatic carbocycles. The number of hydrogen-bond donors (Lipinski definition) is 3. The molecule has 0 fully saturated rings. The van der Waals surface area contributed by atoms with Gasteiger partial charge in [-0.15, -0.1) is 0 Å². The van der Waals surface area contributed by atoms with Gasteiger partial charge in [0.25, 0.3) is 0 Å². The second-order valence-electron chi connectivity index (χ2n) is 2.75. The molecule has 0 saturated carbocycles. The largest absolute Gasteiger partial charge is 0.480 e. The maximum atomic E-state index is 10.6. The van der Waals surface area contributed by atoms with Gasteiger partial charge in [0.2, 0.25) is 0 Å². The van der Waals surface area contributed by atoms with Crippen LogP contribution in [0.5, 0.6) is 0 Å². The van der Waals surface area contributed by atoms with Gasteiger partial charge in [-0.2, -0.15) is 0 Å². The summed E-state index contributed by atoms with van der Waals surface area (Å²) in [5.41, 5.74) is 0. The van der Waals surface area contributed by atoms with Crippen LogP contribution in [-0.2, 0) is 4.79 Å². The number of aliphatic carboxylic acids is 1. The number of carbonyl (C=O) groups is 1. The summed E-state index contributed by atoms with van der Waals surface area (Å²) in [6.45, 7) is 3.69. The van der Waals surface area contributed by atoms with Gasteiger partial charge in [-0.05, 0) is 12.8 Å². The Morgan fingerprint density at radius 2 is 2.00 bits per heavy atom. The van der Waals surface area contributed by atoms with Gasteiger partial charge in [0, 0.05) is 6.04 Å². The minimum atomic E-state index is -0.857. The van der Waals surface area contributed by atoms with Crippen molar-refractivity contribution < 1.29 is 15.0 Å². The first-order valence-electron chi connectivity index (χ1n) is 4.25. The van der Waals surface area contributed by atoms with E-state index < -0.39 is 12.0 Å². The van der Waals surface area contributed by atoms with Gasteiger partial charge in [0.1, 0.15) is 6.04 Å². The molecule has 4 nitrogen and oxygen atoms in total. The zero-order valence-corrected chi connectivity index (χ0v) is 7.58. The van der Waals surface area contributed by atoms with E-state index in [1.807, 2.05) is 6.92 Å². The van der Waals surface area contributed by atoms with Gasteiger partial charge in [0.15, 0.2) is 0 Å². The van der Waals surface area contributed by atoms with Gasteiger partial charge < -0.3 is 10.2 Å². The summed E-state index contributed by atoms with van der Waals surface area (Å²) in [4.78, 5) is 10.6. The van der Waals surface area contributed by atoms with Crippen molar-refractivity contribution in [2.75, 3.05) is 6.61 Å². The molecule has 72 valence electrons. The molecule has 0 rings (SSSR count). The fourth-order valence-corrected chi connectivity index (χ4v) is 0.948. The molecule has 0 aromatic rings. The molecule has 0 aromatic heterocycles. The van der Waals surface area contributed by atoms with E-state index in [4.69, 9.17) is 10.2 Å². The van der Waals surface area contributed by atoms with Crippen LogP contribution in [0.25, 0.3) is 0 Å². The lowest BCUT2D eigenvalue weighted by Gasteiger charge is -2.18. The molecular formula is C8H17NO3. The van der Waals surface area contributed by atoms with Crippen molar-refractivity contribution in [2.24, 2.45) is 0 Å². The third-order valence-corrected chi connectivity index (χ3v) is 1.86. The standard InChI is InChI=1S/C8H17NO3/c1-3-6(5-10)9-7(4-2)8(11)12/h6-7,9-10H,3-5H2,1-2H3,(H,11,12)/t6-,7?/m0/s1. The van der Waals surface area contributed by atoms with Gasteiger partial charge >= 0.3 is 5.97 Å². The van der Waals surface area contributed by atoms with Crippen molar-refractivity contribution in [3.63, 3.8) is 0 Å². The van der Waals surface area contributed by atoms with E-state index >= 15 is 0 Å². The predicted molar refractivity (Wildman–Crippen MR) is 46.0 cm³/mol. The van der Waals surface area contributed by atoms with E-state index in [1.54, 1.807) is 6.92 Å². The summed E-state index contributed by atoms with van der Waals surface area (Å²) in [7, 11) is 0. The van der Waals surface area contributed by atoms with E-state index in [0.29, 0.717) is 6.42 Å². The predicted octanol–water partition coefficient (Wildman–Crippen LogP) is 0.210. The molecule has 0 heterocycles. The molecule has 1 unspecified atom stereocenters. The summed E-state index contributed by atoms with van der Waals surface area (Å²) < 4.78 is 0. The van der Waals surface area contributed by atoms with Crippen LogP contribution in [0.15, 0.2) is 0 Å². The SMILES string of the molecule is CCC(N[C@@H](CC)CO)C(=O)O. The summed E-state index contributed by atoms with van der Waals surface area (Å²) in [5.74, 6) is -0.857. The second-order valence-corrected chi connectivity index (χ2v) is 2.75. The second kappa shape index (κ2) is 5.97. The summed E-state index contributed by atoms with van der Waals surface area (Å²) >= 11 is 0. The Labute approximate surface area is 72.6 Å². The maximum Gasteiger partial charge on any atom is 0.320 e. The number of hydrogen-bond acceptors (Lipinski definition) is 3. The third-order valence-electron chi connectivity index (χ3n) is 1.86. The van der Waals surface area contributed by atoms with Crippen LogP contribution in [0.3, 0.4) is 0 Å². The Kier molecular flexibility index (Phi) is 5.66. The normalized spacial score (nSPS) is 15.6. The zero-order chi connectivity index (χ0) is 9.56. The van der Waals surface area contributed by atoms with E-state index in [1.165, 1.54) is 0 Å². The fourth-order valence-electron chi connectivity index (χ4n) is 0.948. The monoisotopic (exact) mass is 175 g/mol. The zero-order valence-electron chi connectivity index (χ0n) is 7.58. The number of aliphatic hydroxyl groups excluding tert-OH is 1. The Hall–Kier alpha value is -0.610. The molecule has 0 aliphatic rings. The highest BCUT2D eigenvalue weighted by Crippen LogP contribution is 1.96. The topological polar surface area (TPSA) is 69.6 Å². The van der Waals surface area contributed by atoms with Gasteiger partial charge in [-0.3, -0.25) is 10.1 Å². The first-order chi connectivity index (χ1) is 5.65. The fraction of sp³-hybridized carbons (Fsp3) is 0.875. The molecule has 0 aliphatic heterocycles. The van der Waals surface area contributed by atoms with E-state index in [0.717, 1.165) is 6.42 Å². The Morgan fingerprint density at radius 3 is 2.25 bits per heavy atom. The highest BCUT2D eigenvalue weighted by atomic mass is 16.4. The van der Waals surface area contributed by atoms with Crippen molar-refractivity contribution in [2.45, 2.75) is 38.8 Å². The van der Waals surface area contributed by atoms with Crippen LogP contribution in [0.4, 0.5) is 0 Å². The first kappa shape index (κ1) is 11.4. The Bertz CT molecular complexity index is 134. The van der Waals surface area contributed by atoms with E-state index in [2.05, 4.69) is 5.32 Å². The molecule has 0 spiro atoms. The lowest BCUT2D eigenvalue weighted by molar-refractivity contribution is -0.139. The lowest BCUT2D eigenvalue weighted by Crippen LogP contribution is -2.44. The Balaban J connectivity index is 3.91. The summed E-state index contributed by atoms with van der Waals surface area (Å²) in [6, 6.07) is -0.645. The van der Waals surface area contributed by atoms with Crippen LogP contribution in [0.2, 0.25) is 0 Å². The highest BCUT2D eigenvalue weighted by molar-refractivity contribution is 5.73. The smallest absolute Gasteiger partial charge is 0.320 e. The average molecular weight is 175 g/mol. The van der Waals surface area contributed by atoms with Crippen LogP contribution in [-0.4, -0.2) is 34.9 Å². The Morgan fingerprint density at radius 1 is 1.42 bits per heavy atom. The molecule has 4 heteroatoms. The highest BCUT2D eigenvalue weighted by Gasteiger charge is 2.17. The molecular weight excluding hydrogens is 158 g/mol.